The van der Waals surface area contributed by atoms with E-state index in [0.29, 0.717) is 17.0 Å². The first kappa shape index (κ1) is 18.1. The number of carboxylic acid groups (broad SMARTS) is 1. The molecule has 132 valence electrons. The van der Waals surface area contributed by atoms with Crippen molar-refractivity contribution >= 4 is 17.3 Å². The van der Waals surface area contributed by atoms with Gasteiger partial charge in [0.25, 0.3) is 5.69 Å². The number of rotatable bonds is 7. The van der Waals surface area contributed by atoms with Gasteiger partial charge in [0.1, 0.15) is 0 Å². The number of hydrogen-bond acceptors (Lipinski definition) is 6. The average Bonchev–Trinajstić information content (AvgIpc) is 2.59. The van der Waals surface area contributed by atoms with Gasteiger partial charge in [0.15, 0.2) is 11.5 Å². The van der Waals surface area contributed by atoms with Crippen LogP contribution in [-0.2, 0) is 11.2 Å². The van der Waals surface area contributed by atoms with Crippen molar-refractivity contribution in [1.82, 2.24) is 0 Å². The number of nitrogens with two attached hydrogens (primary N) is 1. The van der Waals surface area contributed by atoms with Gasteiger partial charge in [-0.05, 0) is 30.2 Å². The topological polar surface area (TPSA) is 125 Å². The third-order valence-electron chi connectivity index (χ3n) is 3.84. The first-order valence-corrected chi connectivity index (χ1v) is 7.35. The van der Waals surface area contributed by atoms with E-state index in [4.69, 9.17) is 15.2 Å². The van der Waals surface area contributed by atoms with Crippen LogP contribution in [0.4, 0.5) is 11.4 Å². The number of hydrogen-bond donors (Lipinski definition) is 2. The molecule has 0 aliphatic heterocycles. The van der Waals surface area contributed by atoms with Gasteiger partial charge in [0, 0.05) is 11.3 Å². The van der Waals surface area contributed by atoms with Crippen molar-refractivity contribution in [3.8, 4) is 11.5 Å². The Balaban J connectivity index is 2.49. The van der Waals surface area contributed by atoms with Crippen LogP contribution in [-0.4, -0.2) is 30.2 Å². The van der Waals surface area contributed by atoms with Crippen molar-refractivity contribution < 1.29 is 24.3 Å². The van der Waals surface area contributed by atoms with Crippen molar-refractivity contribution in [2.24, 2.45) is 0 Å². The average molecular weight is 346 g/mol. The Morgan fingerprint density at radius 1 is 1.20 bits per heavy atom. The van der Waals surface area contributed by atoms with E-state index < -0.39 is 16.8 Å². The zero-order valence-corrected chi connectivity index (χ0v) is 13.8. The van der Waals surface area contributed by atoms with Crippen molar-refractivity contribution in [3.05, 3.63) is 57.6 Å². The highest BCUT2D eigenvalue weighted by molar-refractivity contribution is 5.77. The predicted molar refractivity (Wildman–Crippen MR) is 91.1 cm³/mol. The van der Waals surface area contributed by atoms with E-state index in [9.17, 15) is 20.0 Å². The SMILES string of the molecule is COc1cc(CC(C(=O)O)c2ccc(N)cc2)c([N+](=O)[O-])cc1OC. The van der Waals surface area contributed by atoms with Gasteiger partial charge in [0.05, 0.1) is 31.1 Å². The zero-order valence-electron chi connectivity index (χ0n) is 13.8. The monoisotopic (exact) mass is 346 g/mol. The Hall–Kier alpha value is -3.29. The number of nitro benzene ring substituents is 1. The highest BCUT2D eigenvalue weighted by atomic mass is 16.6. The molecule has 0 radical (unpaired) electrons. The van der Waals surface area contributed by atoms with Gasteiger partial charge in [-0.25, -0.2) is 0 Å². The summed E-state index contributed by atoms with van der Waals surface area (Å²) in [4.78, 5) is 22.5. The lowest BCUT2D eigenvalue weighted by Crippen LogP contribution is -2.15. The van der Waals surface area contributed by atoms with Crippen LogP contribution in [0.3, 0.4) is 0 Å². The fourth-order valence-electron chi connectivity index (χ4n) is 2.54. The molecule has 1 unspecified atom stereocenters. The van der Waals surface area contributed by atoms with Gasteiger partial charge in [0.2, 0.25) is 0 Å². The normalized spacial score (nSPS) is 11.6. The second-order valence-corrected chi connectivity index (χ2v) is 5.35. The number of anilines is 1. The summed E-state index contributed by atoms with van der Waals surface area (Å²) in [5, 5.41) is 20.9. The number of carboxylic acids is 1. The Bertz CT molecular complexity index is 788. The minimum absolute atomic E-state index is 0.0735. The van der Waals surface area contributed by atoms with E-state index >= 15 is 0 Å². The van der Waals surface area contributed by atoms with Gasteiger partial charge in [-0.1, -0.05) is 12.1 Å². The fraction of sp³-hybridized carbons (Fsp3) is 0.235. The van der Waals surface area contributed by atoms with Gasteiger partial charge in [-0.3, -0.25) is 14.9 Å². The summed E-state index contributed by atoms with van der Waals surface area (Å²) < 4.78 is 10.2. The Labute approximate surface area is 143 Å². The number of ether oxygens (including phenoxy) is 2. The summed E-state index contributed by atoms with van der Waals surface area (Å²) in [5.74, 6) is -1.55. The van der Waals surface area contributed by atoms with Gasteiger partial charge >= 0.3 is 5.97 Å². The summed E-state index contributed by atoms with van der Waals surface area (Å²) in [6, 6.07) is 9.05. The molecule has 1 atom stereocenters. The van der Waals surface area contributed by atoms with Crippen molar-refractivity contribution in [2.75, 3.05) is 20.0 Å². The molecule has 0 aliphatic rings. The van der Waals surface area contributed by atoms with Crippen LogP contribution in [0.15, 0.2) is 36.4 Å². The number of benzene rings is 2. The summed E-state index contributed by atoms with van der Waals surface area (Å²) >= 11 is 0. The lowest BCUT2D eigenvalue weighted by molar-refractivity contribution is -0.385. The highest BCUT2D eigenvalue weighted by Gasteiger charge is 2.26. The Kier molecular flexibility index (Phi) is 5.43. The molecular formula is C17H18N2O6. The second-order valence-electron chi connectivity index (χ2n) is 5.35. The smallest absolute Gasteiger partial charge is 0.311 e. The molecule has 3 N–H and O–H groups in total. The largest absolute Gasteiger partial charge is 0.493 e. The van der Waals surface area contributed by atoms with Crippen LogP contribution >= 0.6 is 0 Å². The first-order chi connectivity index (χ1) is 11.9. The third-order valence-corrected chi connectivity index (χ3v) is 3.84. The van der Waals surface area contributed by atoms with Crippen LogP contribution in [0.5, 0.6) is 11.5 Å². The number of nitro groups is 1. The fourth-order valence-corrected chi connectivity index (χ4v) is 2.54. The van der Waals surface area contributed by atoms with Crippen LogP contribution < -0.4 is 15.2 Å². The number of nitrogens with zero attached hydrogens (tertiary/aromatic N) is 1. The van der Waals surface area contributed by atoms with Crippen molar-refractivity contribution in [1.29, 1.82) is 0 Å². The van der Waals surface area contributed by atoms with Crippen molar-refractivity contribution in [2.45, 2.75) is 12.3 Å². The molecule has 0 heterocycles. The molecule has 0 saturated heterocycles. The molecule has 25 heavy (non-hydrogen) atoms. The zero-order chi connectivity index (χ0) is 18.6. The predicted octanol–water partition coefficient (Wildman–Crippen LogP) is 2.61. The second kappa shape index (κ2) is 7.52. The summed E-state index contributed by atoms with van der Waals surface area (Å²) in [5.41, 5.74) is 6.65. The van der Waals surface area contributed by atoms with E-state index in [1.165, 1.54) is 26.4 Å². The lowest BCUT2D eigenvalue weighted by Gasteiger charge is -2.15. The molecule has 0 amide bonds. The molecule has 0 fully saturated rings. The molecule has 2 aromatic carbocycles. The minimum atomic E-state index is -1.09. The van der Waals surface area contributed by atoms with E-state index in [1.807, 2.05) is 0 Å². The highest BCUT2D eigenvalue weighted by Crippen LogP contribution is 2.37. The molecule has 8 heteroatoms. The molecule has 0 saturated carbocycles. The van der Waals surface area contributed by atoms with E-state index in [2.05, 4.69) is 0 Å². The van der Waals surface area contributed by atoms with Crippen LogP contribution in [0.2, 0.25) is 0 Å². The summed E-state index contributed by atoms with van der Waals surface area (Å²) in [6.07, 6.45) is -0.0735. The van der Waals surface area contributed by atoms with Gasteiger partial charge in [-0.2, -0.15) is 0 Å². The molecular weight excluding hydrogens is 328 g/mol. The summed E-state index contributed by atoms with van der Waals surface area (Å²) in [7, 11) is 2.78. The summed E-state index contributed by atoms with van der Waals surface area (Å²) in [6.45, 7) is 0. The van der Waals surface area contributed by atoms with Crippen LogP contribution in [0.1, 0.15) is 17.0 Å². The third kappa shape index (κ3) is 3.97. The standard InChI is InChI=1S/C17H18N2O6/c1-24-15-8-11(14(19(22)23)9-16(15)25-2)7-13(17(20)21)10-3-5-12(18)6-4-10/h3-6,8-9,13H,7,18H2,1-2H3,(H,20,21). The Morgan fingerprint density at radius 3 is 2.24 bits per heavy atom. The maximum Gasteiger partial charge on any atom is 0.311 e. The molecule has 8 nitrogen and oxygen atoms in total. The number of methoxy groups -OCH3 is 2. The molecule has 0 bridgehead atoms. The van der Waals surface area contributed by atoms with E-state index in [1.54, 1.807) is 24.3 Å². The maximum atomic E-state index is 11.7. The van der Waals surface area contributed by atoms with Crippen LogP contribution in [0.25, 0.3) is 0 Å². The Morgan fingerprint density at radius 2 is 1.76 bits per heavy atom. The lowest BCUT2D eigenvalue weighted by atomic mass is 9.91. The van der Waals surface area contributed by atoms with Gasteiger partial charge in [-0.15, -0.1) is 0 Å². The quantitative estimate of drug-likeness (QED) is 0.448. The van der Waals surface area contributed by atoms with Gasteiger partial charge < -0.3 is 20.3 Å². The van der Waals surface area contributed by atoms with Crippen LogP contribution in [0, 0.1) is 10.1 Å². The first-order valence-electron chi connectivity index (χ1n) is 7.35. The molecule has 0 aromatic heterocycles. The number of carbonyl (C=O) groups is 1. The maximum absolute atomic E-state index is 11.7. The van der Waals surface area contributed by atoms with Crippen molar-refractivity contribution in [3.63, 3.8) is 0 Å². The molecule has 2 aromatic rings. The molecule has 2 rings (SSSR count). The van der Waals surface area contributed by atoms with E-state index in [-0.39, 0.29) is 23.4 Å². The molecule has 0 spiro atoms. The molecule has 0 aliphatic carbocycles. The number of aliphatic carboxylic acids is 1. The van der Waals surface area contributed by atoms with E-state index in [0.717, 1.165) is 0 Å². The number of nitrogen functional groups attached to an aromatic ring is 1. The minimum Gasteiger partial charge on any atom is -0.493 e.